The average Bonchev–Trinajstić information content (AvgIpc) is 3.22. The fraction of sp³-hybridized carbons (Fsp3) is 0.355. The molecular weight excluding hydrogens is 400 g/mol. The Labute approximate surface area is 200 Å². The maximum Gasteiger partial charge on any atom is 0.127 e. The highest BCUT2D eigenvalue weighted by atomic mass is 15.4. The largest absolute Gasteiger partial charge is 0.352 e. The van der Waals surface area contributed by atoms with Crippen LogP contribution in [-0.2, 0) is 6.42 Å². The molecule has 3 aromatic carbocycles. The summed E-state index contributed by atoms with van der Waals surface area (Å²) in [5, 5.41) is 0. The molecule has 0 saturated carbocycles. The molecule has 0 fully saturated rings. The van der Waals surface area contributed by atoms with Crippen LogP contribution in [0.5, 0.6) is 0 Å². The van der Waals surface area contributed by atoms with E-state index in [9.17, 15) is 0 Å². The molecule has 0 radical (unpaired) electrons. The zero-order valence-electron chi connectivity index (χ0n) is 20.2. The lowest BCUT2D eigenvalue weighted by Crippen LogP contribution is -2.59. The first-order valence-corrected chi connectivity index (χ1v) is 12.7. The van der Waals surface area contributed by atoms with E-state index in [-0.39, 0.29) is 5.66 Å². The van der Waals surface area contributed by atoms with E-state index < -0.39 is 0 Å². The summed E-state index contributed by atoms with van der Waals surface area (Å²) in [7, 11) is 0. The van der Waals surface area contributed by atoms with Gasteiger partial charge in [0.25, 0.3) is 0 Å². The van der Waals surface area contributed by atoms with Crippen molar-refractivity contribution in [2.45, 2.75) is 64.0 Å². The predicted molar refractivity (Wildman–Crippen MR) is 141 cm³/mol. The van der Waals surface area contributed by atoms with Crippen LogP contribution in [0.1, 0.15) is 63.0 Å². The van der Waals surface area contributed by atoms with Crippen LogP contribution in [0.15, 0.2) is 103 Å². The van der Waals surface area contributed by atoms with Crippen LogP contribution in [0.2, 0.25) is 0 Å². The number of hydrogen-bond acceptors (Lipinski definition) is 2. The van der Waals surface area contributed by atoms with E-state index in [2.05, 4.69) is 127 Å². The summed E-state index contributed by atoms with van der Waals surface area (Å²) in [6.45, 7) is 5.71. The summed E-state index contributed by atoms with van der Waals surface area (Å²) in [5.74, 6) is 0.361. The summed E-state index contributed by atoms with van der Waals surface area (Å²) in [5.41, 5.74) is 3.87. The Hall–Kier alpha value is -3.00. The van der Waals surface area contributed by atoms with Gasteiger partial charge in [-0.3, -0.25) is 0 Å². The smallest absolute Gasteiger partial charge is 0.127 e. The molecule has 0 aliphatic carbocycles. The van der Waals surface area contributed by atoms with Crippen molar-refractivity contribution in [2.75, 3.05) is 11.4 Å². The highest BCUT2D eigenvalue weighted by Crippen LogP contribution is 2.47. The third kappa shape index (κ3) is 5.00. The minimum absolute atomic E-state index is 0.189. The molecule has 2 atom stereocenters. The van der Waals surface area contributed by atoms with E-state index in [0.29, 0.717) is 5.92 Å². The van der Waals surface area contributed by atoms with Gasteiger partial charge in [0.15, 0.2) is 0 Å². The third-order valence-corrected chi connectivity index (χ3v) is 7.07. The Morgan fingerprint density at radius 3 is 1.97 bits per heavy atom. The fourth-order valence-electron chi connectivity index (χ4n) is 5.51. The van der Waals surface area contributed by atoms with Crippen LogP contribution >= 0.6 is 0 Å². The molecule has 0 saturated heterocycles. The fourth-order valence-corrected chi connectivity index (χ4v) is 5.51. The number of para-hydroxylation sites is 1. The van der Waals surface area contributed by atoms with Crippen molar-refractivity contribution >= 4 is 5.69 Å². The second kappa shape index (κ2) is 11.2. The van der Waals surface area contributed by atoms with Crippen LogP contribution in [0.4, 0.5) is 5.69 Å². The molecule has 0 spiro atoms. The molecule has 0 N–H and O–H groups in total. The maximum absolute atomic E-state index is 2.66. The van der Waals surface area contributed by atoms with Crippen LogP contribution in [0, 0.1) is 0 Å². The Kier molecular flexibility index (Phi) is 7.88. The standard InChI is InChI=1S/C31H38N2/c1-3-5-6-16-23-32-24-25-33(29-21-14-9-15-22-29)31(32,26-27-17-10-7-11-18-27)30(4-2)28-19-12-8-13-20-28/h7-15,17-22,24-25,30H,3-6,16,23,26H2,1-2H3. The molecule has 33 heavy (non-hydrogen) atoms. The first-order chi connectivity index (χ1) is 16.3. The summed E-state index contributed by atoms with van der Waals surface area (Å²) < 4.78 is 0. The maximum atomic E-state index is 2.66. The monoisotopic (exact) mass is 438 g/mol. The molecule has 2 unspecified atom stereocenters. The van der Waals surface area contributed by atoms with E-state index in [1.807, 2.05) is 0 Å². The van der Waals surface area contributed by atoms with Gasteiger partial charge in [0.2, 0.25) is 0 Å². The number of rotatable bonds is 11. The third-order valence-electron chi connectivity index (χ3n) is 7.07. The minimum Gasteiger partial charge on any atom is -0.352 e. The van der Waals surface area contributed by atoms with Gasteiger partial charge in [0.05, 0.1) is 0 Å². The number of benzene rings is 3. The number of hydrogen-bond donors (Lipinski definition) is 0. The van der Waals surface area contributed by atoms with Crippen molar-refractivity contribution in [2.24, 2.45) is 0 Å². The summed E-state index contributed by atoms with van der Waals surface area (Å²) in [4.78, 5) is 5.21. The minimum atomic E-state index is -0.189. The van der Waals surface area contributed by atoms with E-state index >= 15 is 0 Å². The Morgan fingerprint density at radius 1 is 0.697 bits per heavy atom. The molecule has 1 aliphatic rings. The van der Waals surface area contributed by atoms with Gasteiger partial charge in [0.1, 0.15) is 5.66 Å². The molecule has 2 heteroatoms. The van der Waals surface area contributed by atoms with Crippen molar-refractivity contribution in [3.63, 3.8) is 0 Å². The first kappa shape index (κ1) is 23.2. The zero-order chi connectivity index (χ0) is 22.9. The highest BCUT2D eigenvalue weighted by Gasteiger charge is 2.49. The second-order valence-electron chi connectivity index (χ2n) is 9.17. The SMILES string of the molecule is CCCCCCN1C=CN(c2ccccc2)C1(Cc1ccccc1)C(CC)c1ccccc1. The van der Waals surface area contributed by atoms with Gasteiger partial charge in [-0.15, -0.1) is 0 Å². The molecule has 2 nitrogen and oxygen atoms in total. The van der Waals surface area contributed by atoms with Crippen molar-refractivity contribution in [3.8, 4) is 0 Å². The molecule has 0 amide bonds. The summed E-state index contributed by atoms with van der Waals surface area (Å²) >= 11 is 0. The van der Waals surface area contributed by atoms with Crippen molar-refractivity contribution in [1.29, 1.82) is 0 Å². The van der Waals surface area contributed by atoms with Crippen molar-refractivity contribution in [1.82, 2.24) is 4.90 Å². The van der Waals surface area contributed by atoms with Gasteiger partial charge in [-0.2, -0.15) is 0 Å². The van der Waals surface area contributed by atoms with E-state index in [1.54, 1.807) is 0 Å². The van der Waals surface area contributed by atoms with E-state index in [4.69, 9.17) is 0 Å². The predicted octanol–water partition coefficient (Wildman–Crippen LogP) is 7.99. The topological polar surface area (TPSA) is 6.48 Å². The van der Waals surface area contributed by atoms with Crippen LogP contribution in [-0.4, -0.2) is 17.1 Å². The summed E-state index contributed by atoms with van der Waals surface area (Å²) in [6, 6.07) is 33.1. The quantitative estimate of drug-likeness (QED) is 0.280. The van der Waals surface area contributed by atoms with Crippen LogP contribution in [0.3, 0.4) is 0 Å². The van der Waals surface area contributed by atoms with Gasteiger partial charge < -0.3 is 9.80 Å². The lowest BCUT2D eigenvalue weighted by atomic mass is 9.78. The Bertz CT molecular complexity index is 983. The summed E-state index contributed by atoms with van der Waals surface area (Å²) in [6.07, 6.45) is 11.8. The molecule has 3 aromatic rings. The Morgan fingerprint density at radius 2 is 1.33 bits per heavy atom. The molecule has 0 aromatic heterocycles. The normalized spacial score (nSPS) is 18.6. The van der Waals surface area contributed by atoms with Crippen LogP contribution in [0.25, 0.3) is 0 Å². The lowest BCUT2D eigenvalue weighted by Gasteiger charge is -2.51. The van der Waals surface area contributed by atoms with E-state index in [0.717, 1.165) is 19.4 Å². The molecule has 1 heterocycles. The van der Waals surface area contributed by atoms with Crippen molar-refractivity contribution < 1.29 is 0 Å². The van der Waals surface area contributed by atoms with Gasteiger partial charge in [-0.25, -0.2) is 0 Å². The van der Waals surface area contributed by atoms with Gasteiger partial charge in [-0.05, 0) is 36.1 Å². The highest BCUT2D eigenvalue weighted by molar-refractivity contribution is 5.56. The van der Waals surface area contributed by atoms with Gasteiger partial charge in [0, 0.05) is 37.0 Å². The molecule has 1 aliphatic heterocycles. The zero-order valence-corrected chi connectivity index (χ0v) is 20.2. The average molecular weight is 439 g/mol. The second-order valence-corrected chi connectivity index (χ2v) is 9.17. The molecule has 4 rings (SSSR count). The van der Waals surface area contributed by atoms with Gasteiger partial charge >= 0.3 is 0 Å². The lowest BCUT2D eigenvalue weighted by molar-refractivity contribution is 0.125. The van der Waals surface area contributed by atoms with E-state index in [1.165, 1.54) is 42.5 Å². The number of unbranched alkanes of at least 4 members (excludes halogenated alkanes) is 3. The molecular formula is C31H38N2. The number of anilines is 1. The molecule has 172 valence electrons. The molecule has 0 bridgehead atoms. The first-order valence-electron chi connectivity index (χ1n) is 12.7. The van der Waals surface area contributed by atoms with Crippen molar-refractivity contribution in [3.05, 3.63) is 115 Å². The number of nitrogens with zero attached hydrogens (tertiary/aromatic N) is 2. The Balaban J connectivity index is 1.83. The van der Waals surface area contributed by atoms with Crippen LogP contribution < -0.4 is 4.90 Å². The van der Waals surface area contributed by atoms with Gasteiger partial charge in [-0.1, -0.05) is 112 Å².